The van der Waals surface area contributed by atoms with Gasteiger partial charge in [-0.25, -0.2) is 8.42 Å². The molecule has 0 aromatic heterocycles. The number of thioether (sulfide) groups is 1. The summed E-state index contributed by atoms with van der Waals surface area (Å²) >= 11 is 7.57. The van der Waals surface area contributed by atoms with E-state index in [4.69, 9.17) is 16.3 Å². The molecule has 2 fully saturated rings. The summed E-state index contributed by atoms with van der Waals surface area (Å²) in [5.41, 5.74) is 0.662. The fourth-order valence-electron chi connectivity index (χ4n) is 2.76. The Hall–Kier alpha value is -1.09. The van der Waals surface area contributed by atoms with Gasteiger partial charge in [0.1, 0.15) is 6.61 Å². The predicted molar refractivity (Wildman–Crippen MR) is 92.1 cm³/mol. The van der Waals surface area contributed by atoms with Crippen LogP contribution < -0.4 is 4.90 Å². The second-order valence-electron chi connectivity index (χ2n) is 5.34. The van der Waals surface area contributed by atoms with Gasteiger partial charge < -0.3 is 9.64 Å². The Morgan fingerprint density at radius 3 is 2.87 bits per heavy atom. The molecule has 0 spiro atoms. The molecule has 2 aliphatic heterocycles. The highest BCUT2D eigenvalue weighted by atomic mass is 35.5. The minimum Gasteiger partial charge on any atom is -0.375 e. The Kier molecular flexibility index (Phi) is 4.68. The number of nitrogens with zero attached hydrogens (tertiary/aromatic N) is 2. The molecule has 6 nitrogen and oxygen atoms in total. The molecule has 0 saturated carbocycles. The number of hydrogen-bond acceptors (Lipinski definition) is 5. The van der Waals surface area contributed by atoms with E-state index in [1.807, 2.05) is 6.07 Å². The van der Waals surface area contributed by atoms with Crippen LogP contribution in [-0.2, 0) is 19.4 Å². The number of amides is 1. The van der Waals surface area contributed by atoms with Crippen molar-refractivity contribution < 1.29 is 17.9 Å². The van der Waals surface area contributed by atoms with Gasteiger partial charge in [-0.1, -0.05) is 35.5 Å². The molecule has 3 rings (SSSR count). The molecule has 1 aromatic carbocycles. The number of rotatable bonds is 3. The zero-order valence-corrected chi connectivity index (χ0v) is 14.7. The summed E-state index contributed by atoms with van der Waals surface area (Å²) in [6.07, 6.45) is 0. The van der Waals surface area contributed by atoms with E-state index in [1.165, 1.54) is 18.9 Å². The minimum absolute atomic E-state index is 0.0351. The lowest BCUT2D eigenvalue weighted by Crippen LogP contribution is -2.38. The van der Waals surface area contributed by atoms with E-state index in [1.54, 1.807) is 23.1 Å². The van der Waals surface area contributed by atoms with Crippen LogP contribution in [0.3, 0.4) is 0 Å². The molecule has 2 heterocycles. The van der Waals surface area contributed by atoms with Crippen LogP contribution in [-0.4, -0.2) is 56.0 Å². The number of aliphatic imine (C=N–C) groups is 1. The predicted octanol–water partition coefficient (Wildman–Crippen LogP) is 1.59. The normalized spacial score (nSPS) is 27.4. The first-order chi connectivity index (χ1) is 10.9. The maximum absolute atomic E-state index is 11.9. The average molecular weight is 375 g/mol. The van der Waals surface area contributed by atoms with Crippen LogP contribution in [0.15, 0.2) is 29.3 Å². The molecule has 23 heavy (non-hydrogen) atoms. The number of fused-ring (bicyclic) bond motifs is 1. The van der Waals surface area contributed by atoms with E-state index in [0.29, 0.717) is 15.9 Å². The lowest BCUT2D eigenvalue weighted by Gasteiger charge is -2.25. The van der Waals surface area contributed by atoms with Crippen LogP contribution in [0.2, 0.25) is 5.02 Å². The molecule has 0 bridgehead atoms. The number of halogens is 1. The first-order valence-electron chi connectivity index (χ1n) is 6.92. The van der Waals surface area contributed by atoms with E-state index >= 15 is 0 Å². The Morgan fingerprint density at radius 1 is 1.43 bits per heavy atom. The summed E-state index contributed by atoms with van der Waals surface area (Å²) in [7, 11) is -1.67. The Balaban J connectivity index is 2.01. The molecule has 0 aliphatic carbocycles. The summed E-state index contributed by atoms with van der Waals surface area (Å²) in [5, 5.41) is 0.820. The molecule has 0 N–H and O–H groups in total. The quantitative estimate of drug-likeness (QED) is 0.799. The summed E-state index contributed by atoms with van der Waals surface area (Å²) in [6.45, 7) is -0.117. The van der Waals surface area contributed by atoms with Gasteiger partial charge >= 0.3 is 0 Å². The molecule has 0 unspecified atom stereocenters. The summed E-state index contributed by atoms with van der Waals surface area (Å²) in [6, 6.07) is 6.88. The lowest BCUT2D eigenvalue weighted by atomic mass is 10.2. The number of carbonyl (C=O) groups excluding carboxylic acids is 1. The second kappa shape index (κ2) is 6.43. The van der Waals surface area contributed by atoms with Crippen LogP contribution in [0.25, 0.3) is 0 Å². The Morgan fingerprint density at radius 2 is 2.17 bits per heavy atom. The third-order valence-corrected chi connectivity index (χ3v) is 7.20. The van der Waals surface area contributed by atoms with Gasteiger partial charge in [0.05, 0.1) is 28.3 Å². The molecule has 1 aromatic rings. The van der Waals surface area contributed by atoms with Gasteiger partial charge in [-0.3, -0.25) is 4.79 Å². The van der Waals surface area contributed by atoms with Crippen molar-refractivity contribution in [1.29, 1.82) is 0 Å². The van der Waals surface area contributed by atoms with Gasteiger partial charge in [-0.2, -0.15) is 4.99 Å². The molecule has 1 amide bonds. The smallest absolute Gasteiger partial charge is 0.274 e. The molecule has 2 atom stereocenters. The van der Waals surface area contributed by atoms with Gasteiger partial charge in [0.15, 0.2) is 15.0 Å². The van der Waals surface area contributed by atoms with Gasteiger partial charge in [-0.05, 0) is 12.1 Å². The monoisotopic (exact) mass is 374 g/mol. The molecule has 0 radical (unpaired) electrons. The van der Waals surface area contributed by atoms with Crippen molar-refractivity contribution in [2.24, 2.45) is 4.99 Å². The highest BCUT2D eigenvalue weighted by Crippen LogP contribution is 2.42. The number of sulfone groups is 1. The maximum Gasteiger partial charge on any atom is 0.274 e. The molecular weight excluding hydrogens is 360 g/mol. The van der Waals surface area contributed by atoms with E-state index < -0.39 is 15.7 Å². The molecule has 9 heteroatoms. The van der Waals surface area contributed by atoms with E-state index in [2.05, 4.69) is 4.99 Å². The van der Waals surface area contributed by atoms with Gasteiger partial charge in [0, 0.05) is 12.4 Å². The van der Waals surface area contributed by atoms with Crippen LogP contribution in [0.1, 0.15) is 0 Å². The zero-order valence-electron chi connectivity index (χ0n) is 12.3. The minimum atomic E-state index is -3.09. The fourth-order valence-corrected chi connectivity index (χ4v) is 6.91. The summed E-state index contributed by atoms with van der Waals surface area (Å²) in [4.78, 5) is 17.7. The van der Waals surface area contributed by atoms with Crippen molar-refractivity contribution >= 4 is 50.0 Å². The Bertz CT molecular complexity index is 766. The van der Waals surface area contributed by atoms with Gasteiger partial charge in [0.2, 0.25) is 0 Å². The topological polar surface area (TPSA) is 76.0 Å². The van der Waals surface area contributed by atoms with E-state index in [-0.39, 0.29) is 29.4 Å². The summed E-state index contributed by atoms with van der Waals surface area (Å²) < 4.78 is 28.7. The number of anilines is 1. The van der Waals surface area contributed by atoms with Crippen molar-refractivity contribution in [3.63, 3.8) is 0 Å². The van der Waals surface area contributed by atoms with Crippen molar-refractivity contribution in [3.8, 4) is 0 Å². The van der Waals surface area contributed by atoms with E-state index in [0.717, 1.165) is 0 Å². The average Bonchev–Trinajstić information content (AvgIpc) is 2.91. The fraction of sp³-hybridized carbons (Fsp3) is 0.429. The van der Waals surface area contributed by atoms with Crippen molar-refractivity contribution in [1.82, 2.24) is 0 Å². The molecule has 124 valence electrons. The number of carbonyl (C=O) groups is 1. The lowest BCUT2D eigenvalue weighted by molar-refractivity contribution is -0.121. The van der Waals surface area contributed by atoms with Crippen molar-refractivity contribution in [2.75, 3.05) is 30.1 Å². The van der Waals surface area contributed by atoms with Crippen molar-refractivity contribution in [3.05, 3.63) is 29.3 Å². The first kappa shape index (κ1) is 16.8. The molecular formula is C14H15ClN2O4S2. The van der Waals surface area contributed by atoms with Crippen molar-refractivity contribution in [2.45, 2.75) is 11.3 Å². The molecule has 2 aliphatic rings. The number of para-hydroxylation sites is 1. The van der Waals surface area contributed by atoms with Crippen LogP contribution in [0.4, 0.5) is 5.69 Å². The number of hydrogen-bond donors (Lipinski definition) is 0. The van der Waals surface area contributed by atoms with Gasteiger partial charge in [-0.15, -0.1) is 0 Å². The number of methoxy groups -OCH3 is 1. The third-order valence-electron chi connectivity index (χ3n) is 3.67. The SMILES string of the molecule is COCC(=O)N=C1S[C@H]2CS(=O)(=O)C[C@@H]2N1c1ccccc1Cl. The first-order valence-corrected chi connectivity index (χ1v) is 10.0. The number of amidine groups is 1. The van der Waals surface area contributed by atoms with Gasteiger partial charge in [0.25, 0.3) is 5.91 Å². The standard InChI is InChI=1S/C14H15ClN2O4S2/c1-21-6-13(18)16-14-17(10-5-3-2-4-9(10)15)11-7-23(19,20)8-12(11)22-14/h2-5,11-12H,6-8H2,1H3/t11-,12-/m0/s1. The zero-order chi connectivity index (χ0) is 16.6. The maximum atomic E-state index is 11.9. The highest BCUT2D eigenvalue weighted by molar-refractivity contribution is 8.16. The van der Waals surface area contributed by atoms with Crippen LogP contribution in [0.5, 0.6) is 0 Å². The number of benzene rings is 1. The second-order valence-corrected chi connectivity index (χ2v) is 9.11. The highest BCUT2D eigenvalue weighted by Gasteiger charge is 2.49. The van der Waals surface area contributed by atoms with E-state index in [9.17, 15) is 13.2 Å². The van der Waals surface area contributed by atoms with Crippen LogP contribution >= 0.6 is 23.4 Å². The number of ether oxygens (including phenoxy) is 1. The van der Waals surface area contributed by atoms with Crippen LogP contribution in [0, 0.1) is 0 Å². The Labute approximate surface area is 143 Å². The molecule has 2 saturated heterocycles. The largest absolute Gasteiger partial charge is 0.375 e. The third kappa shape index (κ3) is 3.40. The summed E-state index contributed by atoms with van der Waals surface area (Å²) in [5.74, 6) is -0.288.